The highest BCUT2D eigenvalue weighted by atomic mass is 16.3. The molecule has 0 amide bonds. The molecule has 0 fully saturated rings. The third-order valence-corrected chi connectivity index (χ3v) is 2.25. The van der Waals surface area contributed by atoms with Crippen molar-refractivity contribution in [2.45, 2.75) is 19.4 Å². The van der Waals surface area contributed by atoms with Crippen molar-refractivity contribution in [2.75, 3.05) is 0 Å². The molecule has 0 saturated carbocycles. The summed E-state index contributed by atoms with van der Waals surface area (Å²) in [5, 5.41) is 11.7. The number of nitrogens with zero attached hydrogens (tertiary/aromatic N) is 4. The number of aromatic nitrogens is 4. The van der Waals surface area contributed by atoms with Gasteiger partial charge in [-0.2, -0.15) is 4.80 Å². The van der Waals surface area contributed by atoms with Gasteiger partial charge in [0.05, 0.1) is 13.3 Å². The minimum atomic E-state index is -0.145. The number of hydrogen-bond acceptors (Lipinski definition) is 5. The van der Waals surface area contributed by atoms with Crippen LogP contribution in [0.1, 0.15) is 23.2 Å². The van der Waals surface area contributed by atoms with E-state index >= 15 is 0 Å². The van der Waals surface area contributed by atoms with Gasteiger partial charge in [-0.1, -0.05) is 0 Å². The average molecular weight is 207 g/mol. The molecule has 15 heavy (non-hydrogen) atoms. The SMILES string of the molecule is Cc1occc1C(N)Cc1nnn(C)n1. The van der Waals surface area contributed by atoms with Crippen molar-refractivity contribution in [3.63, 3.8) is 0 Å². The molecule has 80 valence electrons. The Bertz CT molecular complexity index is 447. The summed E-state index contributed by atoms with van der Waals surface area (Å²) in [6, 6.07) is 1.73. The molecule has 0 bridgehead atoms. The van der Waals surface area contributed by atoms with Crippen molar-refractivity contribution in [1.82, 2.24) is 20.2 Å². The summed E-state index contributed by atoms with van der Waals surface area (Å²) >= 11 is 0. The molecule has 0 radical (unpaired) electrons. The summed E-state index contributed by atoms with van der Waals surface area (Å²) in [6.07, 6.45) is 2.20. The Morgan fingerprint density at radius 1 is 1.60 bits per heavy atom. The number of hydrogen-bond donors (Lipinski definition) is 1. The Kier molecular flexibility index (Phi) is 2.51. The number of nitrogens with two attached hydrogens (primary N) is 1. The van der Waals surface area contributed by atoms with Gasteiger partial charge in [0.25, 0.3) is 0 Å². The molecule has 0 aliphatic heterocycles. The highest BCUT2D eigenvalue weighted by molar-refractivity contribution is 5.20. The molecule has 1 unspecified atom stereocenters. The van der Waals surface area contributed by atoms with E-state index in [1.807, 2.05) is 13.0 Å². The summed E-state index contributed by atoms with van der Waals surface area (Å²) in [4.78, 5) is 1.42. The highest BCUT2D eigenvalue weighted by Gasteiger charge is 2.14. The fourth-order valence-corrected chi connectivity index (χ4v) is 1.49. The molecule has 2 N–H and O–H groups in total. The minimum Gasteiger partial charge on any atom is -0.469 e. The molecule has 2 aromatic heterocycles. The van der Waals surface area contributed by atoms with Crippen LogP contribution in [0.3, 0.4) is 0 Å². The second kappa shape index (κ2) is 3.82. The van der Waals surface area contributed by atoms with Crippen LogP contribution in [0, 0.1) is 6.92 Å². The van der Waals surface area contributed by atoms with Gasteiger partial charge in [-0.25, -0.2) is 0 Å². The molecule has 6 heteroatoms. The van der Waals surface area contributed by atoms with E-state index in [9.17, 15) is 0 Å². The summed E-state index contributed by atoms with van der Waals surface area (Å²) in [7, 11) is 1.73. The van der Waals surface area contributed by atoms with Crippen LogP contribution < -0.4 is 5.73 Å². The van der Waals surface area contributed by atoms with Crippen LogP contribution >= 0.6 is 0 Å². The molecular weight excluding hydrogens is 194 g/mol. The summed E-state index contributed by atoms with van der Waals surface area (Å²) in [5.74, 6) is 1.48. The van der Waals surface area contributed by atoms with Gasteiger partial charge < -0.3 is 10.2 Å². The zero-order chi connectivity index (χ0) is 10.8. The summed E-state index contributed by atoms with van der Waals surface area (Å²) in [5.41, 5.74) is 6.99. The molecule has 0 aliphatic rings. The topological polar surface area (TPSA) is 82.8 Å². The van der Waals surface area contributed by atoms with Gasteiger partial charge in [-0.15, -0.1) is 10.2 Å². The molecule has 6 nitrogen and oxygen atoms in total. The fourth-order valence-electron chi connectivity index (χ4n) is 1.49. The zero-order valence-corrected chi connectivity index (χ0v) is 8.71. The van der Waals surface area contributed by atoms with E-state index in [-0.39, 0.29) is 6.04 Å². The molecular formula is C9H13N5O. The normalized spacial score (nSPS) is 13.0. The number of aryl methyl sites for hydroxylation is 2. The van der Waals surface area contributed by atoms with Crippen LogP contribution in [0.4, 0.5) is 0 Å². The fraction of sp³-hybridized carbons (Fsp3) is 0.444. The van der Waals surface area contributed by atoms with Crippen LogP contribution in [0.25, 0.3) is 0 Å². The summed E-state index contributed by atoms with van der Waals surface area (Å²) < 4.78 is 5.19. The van der Waals surface area contributed by atoms with Crippen molar-refractivity contribution < 1.29 is 4.42 Å². The molecule has 1 atom stereocenters. The average Bonchev–Trinajstić information content (AvgIpc) is 2.75. The quantitative estimate of drug-likeness (QED) is 0.785. The van der Waals surface area contributed by atoms with Crippen LogP contribution in [0.2, 0.25) is 0 Å². The van der Waals surface area contributed by atoms with Crippen LogP contribution in [0.15, 0.2) is 16.7 Å². The molecule has 0 spiro atoms. The van der Waals surface area contributed by atoms with E-state index in [2.05, 4.69) is 15.4 Å². The van der Waals surface area contributed by atoms with Crippen molar-refractivity contribution >= 4 is 0 Å². The van der Waals surface area contributed by atoms with Crippen molar-refractivity contribution in [3.05, 3.63) is 29.5 Å². The van der Waals surface area contributed by atoms with Crippen LogP contribution in [0.5, 0.6) is 0 Å². The van der Waals surface area contributed by atoms with Gasteiger partial charge in [0, 0.05) is 18.0 Å². The molecule has 2 aromatic rings. The predicted molar refractivity (Wildman–Crippen MR) is 52.9 cm³/mol. The van der Waals surface area contributed by atoms with E-state index in [1.54, 1.807) is 13.3 Å². The molecule has 0 aliphatic carbocycles. The first-order valence-electron chi connectivity index (χ1n) is 4.69. The van der Waals surface area contributed by atoms with E-state index < -0.39 is 0 Å². The zero-order valence-electron chi connectivity index (χ0n) is 8.71. The van der Waals surface area contributed by atoms with Gasteiger partial charge in [0.15, 0.2) is 5.82 Å². The van der Waals surface area contributed by atoms with E-state index in [0.717, 1.165) is 11.3 Å². The van der Waals surface area contributed by atoms with Crippen LogP contribution in [-0.4, -0.2) is 20.2 Å². The first-order chi connectivity index (χ1) is 7.16. The van der Waals surface area contributed by atoms with E-state index in [4.69, 9.17) is 10.2 Å². The van der Waals surface area contributed by atoms with Gasteiger partial charge >= 0.3 is 0 Å². The maximum atomic E-state index is 6.00. The lowest BCUT2D eigenvalue weighted by Crippen LogP contribution is -2.14. The Morgan fingerprint density at radius 3 is 2.93 bits per heavy atom. The van der Waals surface area contributed by atoms with E-state index in [1.165, 1.54) is 4.80 Å². The third-order valence-electron chi connectivity index (χ3n) is 2.25. The lowest BCUT2D eigenvalue weighted by atomic mass is 10.1. The maximum Gasteiger partial charge on any atom is 0.176 e. The lowest BCUT2D eigenvalue weighted by molar-refractivity contribution is 0.522. The lowest BCUT2D eigenvalue weighted by Gasteiger charge is -2.06. The maximum absolute atomic E-state index is 6.00. The molecule has 2 heterocycles. The van der Waals surface area contributed by atoms with Crippen molar-refractivity contribution in [2.24, 2.45) is 12.8 Å². The first kappa shape index (κ1) is 9.85. The standard InChI is InChI=1S/C9H13N5O/c1-6-7(3-4-15-6)8(10)5-9-11-13-14(2)12-9/h3-4,8H,5,10H2,1-2H3. The van der Waals surface area contributed by atoms with Crippen molar-refractivity contribution in [1.29, 1.82) is 0 Å². The Morgan fingerprint density at radius 2 is 2.40 bits per heavy atom. The highest BCUT2D eigenvalue weighted by Crippen LogP contribution is 2.18. The smallest absolute Gasteiger partial charge is 0.176 e. The Balaban J connectivity index is 2.10. The Labute approximate surface area is 87.1 Å². The van der Waals surface area contributed by atoms with Gasteiger partial charge in [-0.3, -0.25) is 0 Å². The second-order valence-corrected chi connectivity index (χ2v) is 3.44. The number of rotatable bonds is 3. The minimum absolute atomic E-state index is 0.145. The number of furan rings is 1. The van der Waals surface area contributed by atoms with Crippen LogP contribution in [-0.2, 0) is 13.5 Å². The number of tetrazole rings is 1. The first-order valence-corrected chi connectivity index (χ1v) is 4.69. The molecule has 2 rings (SSSR count). The molecule has 0 aromatic carbocycles. The predicted octanol–water partition coefficient (Wildman–Crippen LogP) is 0.354. The van der Waals surface area contributed by atoms with E-state index in [0.29, 0.717) is 12.2 Å². The summed E-state index contributed by atoms with van der Waals surface area (Å²) in [6.45, 7) is 1.89. The third kappa shape index (κ3) is 2.04. The largest absolute Gasteiger partial charge is 0.469 e. The molecule has 0 saturated heterocycles. The van der Waals surface area contributed by atoms with Gasteiger partial charge in [0.2, 0.25) is 0 Å². The van der Waals surface area contributed by atoms with Gasteiger partial charge in [-0.05, 0) is 18.2 Å². The van der Waals surface area contributed by atoms with Crippen molar-refractivity contribution in [3.8, 4) is 0 Å². The second-order valence-electron chi connectivity index (χ2n) is 3.44. The monoisotopic (exact) mass is 207 g/mol. The Hall–Kier alpha value is -1.69. The van der Waals surface area contributed by atoms with Gasteiger partial charge in [0.1, 0.15) is 5.76 Å².